The number of pyridine rings is 1. The quantitative estimate of drug-likeness (QED) is 0.771. The fraction of sp³-hybridized carbons (Fsp3) is 0.538. The van der Waals surface area contributed by atoms with E-state index in [1.165, 1.54) is 6.20 Å². The lowest BCUT2D eigenvalue weighted by molar-refractivity contribution is 0.0952. The molecule has 0 aliphatic rings. The highest BCUT2D eigenvalue weighted by atomic mass is 16.5. The Hall–Kier alpha value is -1.58. The number of hydrogen-bond donors (Lipinski definition) is 1. The number of ether oxygens (including phenoxy) is 1. The van der Waals surface area contributed by atoms with Gasteiger partial charge in [0.25, 0.3) is 5.91 Å². The van der Waals surface area contributed by atoms with Crippen molar-refractivity contribution in [3.63, 3.8) is 0 Å². The Labute approximate surface area is 102 Å². The summed E-state index contributed by atoms with van der Waals surface area (Å²) in [7, 11) is 1.55. The second-order valence-corrected chi connectivity index (χ2v) is 4.38. The van der Waals surface area contributed by atoms with Gasteiger partial charge in [-0.05, 0) is 24.8 Å². The SMILES string of the molecule is COc1ccc(C(=O)NCCCC(C)C)cn1. The van der Waals surface area contributed by atoms with Gasteiger partial charge in [0, 0.05) is 18.8 Å². The topological polar surface area (TPSA) is 51.2 Å². The maximum Gasteiger partial charge on any atom is 0.252 e. The van der Waals surface area contributed by atoms with Gasteiger partial charge in [-0.15, -0.1) is 0 Å². The largest absolute Gasteiger partial charge is 0.481 e. The van der Waals surface area contributed by atoms with Crippen molar-refractivity contribution in [2.24, 2.45) is 5.92 Å². The van der Waals surface area contributed by atoms with Gasteiger partial charge in [0.15, 0.2) is 0 Å². The molecule has 0 unspecified atom stereocenters. The van der Waals surface area contributed by atoms with E-state index in [0.29, 0.717) is 23.9 Å². The number of hydrogen-bond acceptors (Lipinski definition) is 3. The Morgan fingerprint density at radius 3 is 2.76 bits per heavy atom. The smallest absolute Gasteiger partial charge is 0.252 e. The highest BCUT2D eigenvalue weighted by molar-refractivity contribution is 5.93. The predicted molar refractivity (Wildman–Crippen MR) is 67.2 cm³/mol. The van der Waals surface area contributed by atoms with Crippen molar-refractivity contribution in [1.82, 2.24) is 10.3 Å². The molecule has 0 spiro atoms. The number of carbonyl (C=O) groups is 1. The standard InChI is InChI=1S/C13H20N2O2/c1-10(2)5-4-8-14-13(16)11-6-7-12(17-3)15-9-11/h6-7,9-10H,4-5,8H2,1-3H3,(H,14,16). The van der Waals surface area contributed by atoms with Crippen LogP contribution in [0.5, 0.6) is 5.88 Å². The van der Waals surface area contributed by atoms with E-state index >= 15 is 0 Å². The number of aromatic nitrogens is 1. The van der Waals surface area contributed by atoms with Gasteiger partial charge in [0.05, 0.1) is 12.7 Å². The monoisotopic (exact) mass is 236 g/mol. The Morgan fingerprint density at radius 1 is 1.47 bits per heavy atom. The van der Waals surface area contributed by atoms with Crippen LogP contribution in [-0.4, -0.2) is 24.5 Å². The van der Waals surface area contributed by atoms with Crippen molar-refractivity contribution >= 4 is 5.91 Å². The first kappa shape index (κ1) is 13.5. The van der Waals surface area contributed by atoms with E-state index < -0.39 is 0 Å². The Balaban J connectivity index is 2.36. The average Bonchev–Trinajstić information content (AvgIpc) is 2.34. The van der Waals surface area contributed by atoms with Crippen molar-refractivity contribution in [3.05, 3.63) is 23.9 Å². The molecule has 0 atom stereocenters. The Morgan fingerprint density at radius 2 is 2.24 bits per heavy atom. The molecule has 1 N–H and O–H groups in total. The summed E-state index contributed by atoms with van der Waals surface area (Å²) in [4.78, 5) is 15.7. The first-order chi connectivity index (χ1) is 8.13. The van der Waals surface area contributed by atoms with Crippen molar-refractivity contribution in [3.8, 4) is 5.88 Å². The number of nitrogens with one attached hydrogen (secondary N) is 1. The third-order valence-electron chi connectivity index (χ3n) is 2.45. The maximum absolute atomic E-state index is 11.7. The molecule has 17 heavy (non-hydrogen) atoms. The van der Waals surface area contributed by atoms with Crippen LogP contribution in [-0.2, 0) is 0 Å². The van der Waals surface area contributed by atoms with E-state index in [-0.39, 0.29) is 5.91 Å². The maximum atomic E-state index is 11.7. The minimum Gasteiger partial charge on any atom is -0.481 e. The minimum absolute atomic E-state index is 0.0797. The van der Waals surface area contributed by atoms with Gasteiger partial charge in [-0.2, -0.15) is 0 Å². The third kappa shape index (κ3) is 4.85. The molecule has 4 heteroatoms. The van der Waals surface area contributed by atoms with Gasteiger partial charge in [-0.1, -0.05) is 13.8 Å². The first-order valence-corrected chi connectivity index (χ1v) is 5.91. The molecule has 0 fully saturated rings. The van der Waals surface area contributed by atoms with E-state index in [2.05, 4.69) is 24.1 Å². The summed E-state index contributed by atoms with van der Waals surface area (Å²) in [6.45, 7) is 5.06. The summed E-state index contributed by atoms with van der Waals surface area (Å²) in [5.74, 6) is 1.11. The predicted octanol–water partition coefficient (Wildman–Crippen LogP) is 2.26. The van der Waals surface area contributed by atoms with E-state index in [4.69, 9.17) is 4.74 Å². The summed E-state index contributed by atoms with van der Waals surface area (Å²) < 4.78 is 4.93. The van der Waals surface area contributed by atoms with Gasteiger partial charge in [0.2, 0.25) is 5.88 Å². The third-order valence-corrected chi connectivity index (χ3v) is 2.45. The van der Waals surface area contributed by atoms with Crippen molar-refractivity contribution in [2.45, 2.75) is 26.7 Å². The second kappa shape index (κ2) is 6.89. The van der Waals surface area contributed by atoms with E-state index in [1.807, 2.05) is 0 Å². The highest BCUT2D eigenvalue weighted by Gasteiger charge is 2.05. The summed E-state index contributed by atoms with van der Waals surface area (Å²) in [5, 5.41) is 2.87. The van der Waals surface area contributed by atoms with Gasteiger partial charge >= 0.3 is 0 Å². The number of nitrogens with zero attached hydrogens (tertiary/aromatic N) is 1. The number of amides is 1. The zero-order chi connectivity index (χ0) is 12.7. The molecule has 1 heterocycles. The molecule has 0 radical (unpaired) electrons. The highest BCUT2D eigenvalue weighted by Crippen LogP contribution is 2.06. The van der Waals surface area contributed by atoms with Crippen LogP contribution in [0.4, 0.5) is 0 Å². The van der Waals surface area contributed by atoms with Gasteiger partial charge in [-0.25, -0.2) is 4.98 Å². The number of methoxy groups -OCH3 is 1. The zero-order valence-corrected chi connectivity index (χ0v) is 10.7. The molecule has 0 aromatic carbocycles. The molecule has 1 aromatic heterocycles. The average molecular weight is 236 g/mol. The van der Waals surface area contributed by atoms with Crippen molar-refractivity contribution in [2.75, 3.05) is 13.7 Å². The van der Waals surface area contributed by atoms with Crippen LogP contribution >= 0.6 is 0 Å². The van der Waals surface area contributed by atoms with E-state index in [0.717, 1.165) is 12.8 Å². The fourth-order valence-electron chi connectivity index (χ4n) is 1.45. The second-order valence-electron chi connectivity index (χ2n) is 4.38. The molecule has 4 nitrogen and oxygen atoms in total. The van der Waals surface area contributed by atoms with Crippen LogP contribution in [0, 0.1) is 5.92 Å². The van der Waals surface area contributed by atoms with Gasteiger partial charge in [-0.3, -0.25) is 4.79 Å². The van der Waals surface area contributed by atoms with Gasteiger partial charge in [0.1, 0.15) is 0 Å². The lowest BCUT2D eigenvalue weighted by atomic mass is 10.1. The van der Waals surface area contributed by atoms with E-state index in [1.54, 1.807) is 19.2 Å². The summed E-state index contributed by atoms with van der Waals surface area (Å²) in [6, 6.07) is 3.40. The molecule has 1 rings (SSSR count). The normalized spacial score (nSPS) is 10.4. The van der Waals surface area contributed by atoms with Crippen molar-refractivity contribution < 1.29 is 9.53 Å². The molecule has 94 valence electrons. The van der Waals surface area contributed by atoms with E-state index in [9.17, 15) is 4.79 Å². The van der Waals surface area contributed by atoms with Crippen LogP contribution in [0.3, 0.4) is 0 Å². The number of carbonyl (C=O) groups excluding carboxylic acids is 1. The summed E-state index contributed by atoms with van der Waals surface area (Å²) in [6.07, 6.45) is 3.66. The lowest BCUT2D eigenvalue weighted by Crippen LogP contribution is -2.24. The lowest BCUT2D eigenvalue weighted by Gasteiger charge is -2.07. The molecule has 0 saturated carbocycles. The molecule has 0 aliphatic heterocycles. The summed E-state index contributed by atoms with van der Waals surface area (Å²) >= 11 is 0. The Kier molecular flexibility index (Phi) is 5.46. The molecule has 0 bridgehead atoms. The fourth-order valence-corrected chi connectivity index (χ4v) is 1.45. The molecule has 0 saturated heterocycles. The van der Waals surface area contributed by atoms with Crippen LogP contribution in [0.25, 0.3) is 0 Å². The van der Waals surface area contributed by atoms with Crippen LogP contribution < -0.4 is 10.1 Å². The van der Waals surface area contributed by atoms with Crippen LogP contribution in [0.2, 0.25) is 0 Å². The van der Waals surface area contributed by atoms with Crippen molar-refractivity contribution in [1.29, 1.82) is 0 Å². The molecular formula is C13H20N2O2. The van der Waals surface area contributed by atoms with Crippen LogP contribution in [0.1, 0.15) is 37.0 Å². The molecule has 1 aromatic rings. The summed E-state index contributed by atoms with van der Waals surface area (Å²) in [5.41, 5.74) is 0.565. The zero-order valence-electron chi connectivity index (χ0n) is 10.7. The minimum atomic E-state index is -0.0797. The molecule has 0 aliphatic carbocycles. The Bertz CT molecular complexity index is 347. The molecular weight excluding hydrogens is 216 g/mol. The first-order valence-electron chi connectivity index (χ1n) is 5.91. The number of rotatable bonds is 6. The molecule has 1 amide bonds. The van der Waals surface area contributed by atoms with Gasteiger partial charge < -0.3 is 10.1 Å². The van der Waals surface area contributed by atoms with Crippen LogP contribution in [0.15, 0.2) is 18.3 Å².